The van der Waals surface area contributed by atoms with Gasteiger partial charge in [-0.3, -0.25) is 4.79 Å². The molecule has 10 heavy (non-hydrogen) atoms. The zero-order chi connectivity index (χ0) is 7.40. The summed E-state index contributed by atoms with van der Waals surface area (Å²) in [6, 6.07) is 0. The summed E-state index contributed by atoms with van der Waals surface area (Å²) >= 11 is 0. The molecule has 0 N–H and O–H groups in total. The summed E-state index contributed by atoms with van der Waals surface area (Å²) in [5.74, 6) is 0.0550. The third-order valence-corrected chi connectivity index (χ3v) is 1.80. The quantitative estimate of drug-likeness (QED) is 0.407. The number of methoxy groups -OCH3 is 1. The van der Waals surface area contributed by atoms with Crippen molar-refractivity contribution in [3.05, 3.63) is 12.2 Å². The van der Waals surface area contributed by atoms with Crippen LogP contribution in [0.2, 0.25) is 0 Å². The van der Waals surface area contributed by atoms with Crippen LogP contribution in [0.1, 0.15) is 19.3 Å². The van der Waals surface area contributed by atoms with Crippen molar-refractivity contribution in [2.45, 2.75) is 19.3 Å². The Morgan fingerprint density at radius 2 is 2.40 bits per heavy atom. The smallest absolute Gasteiger partial charge is 0.308 e. The van der Waals surface area contributed by atoms with Gasteiger partial charge in [0.2, 0.25) is 0 Å². The number of rotatable bonds is 1. The molecule has 0 aliphatic heterocycles. The highest BCUT2D eigenvalue weighted by atomic mass is 16.5. The van der Waals surface area contributed by atoms with E-state index in [1.54, 1.807) is 0 Å². The van der Waals surface area contributed by atoms with Crippen molar-refractivity contribution in [1.82, 2.24) is 0 Å². The number of esters is 1. The van der Waals surface area contributed by atoms with Crippen molar-refractivity contribution in [3.8, 4) is 0 Å². The third kappa shape index (κ3) is 1.59. The molecule has 2 nitrogen and oxygen atoms in total. The fraction of sp³-hybridized carbons (Fsp3) is 0.625. The Hall–Kier alpha value is -0.790. The molecule has 0 heterocycles. The van der Waals surface area contributed by atoms with Gasteiger partial charge in [0.25, 0.3) is 0 Å². The van der Waals surface area contributed by atoms with E-state index in [2.05, 4.69) is 10.8 Å². The molecule has 0 aromatic carbocycles. The van der Waals surface area contributed by atoms with E-state index in [1.165, 1.54) is 7.11 Å². The highest BCUT2D eigenvalue weighted by Crippen LogP contribution is 2.18. The molecule has 0 fully saturated rings. The van der Waals surface area contributed by atoms with E-state index in [-0.39, 0.29) is 11.9 Å². The van der Waals surface area contributed by atoms with Crippen molar-refractivity contribution in [1.29, 1.82) is 0 Å². The fourth-order valence-corrected chi connectivity index (χ4v) is 1.17. The predicted octanol–water partition coefficient (Wildman–Crippen LogP) is 1.52. The molecule has 0 radical (unpaired) electrons. The fourth-order valence-electron chi connectivity index (χ4n) is 1.17. The summed E-state index contributed by atoms with van der Waals surface area (Å²) in [6.07, 6.45) is 6.97. The highest BCUT2D eigenvalue weighted by molar-refractivity contribution is 5.72. The highest BCUT2D eigenvalue weighted by Gasteiger charge is 2.18. The molecule has 1 unspecified atom stereocenters. The van der Waals surface area contributed by atoms with Gasteiger partial charge in [-0.05, 0) is 19.3 Å². The summed E-state index contributed by atoms with van der Waals surface area (Å²) in [4.78, 5) is 10.9. The van der Waals surface area contributed by atoms with Crippen molar-refractivity contribution in [3.63, 3.8) is 0 Å². The van der Waals surface area contributed by atoms with E-state index in [9.17, 15) is 4.79 Å². The molecule has 0 spiro atoms. The molecule has 0 saturated carbocycles. The molecule has 0 amide bonds. The summed E-state index contributed by atoms with van der Waals surface area (Å²) in [5.41, 5.74) is 0. The standard InChI is InChI=1S/C8H12O2/c1-10-8(9)7-5-3-2-4-6-7/h2-3,7H,4-6H2,1H3. The van der Waals surface area contributed by atoms with Gasteiger partial charge in [-0.1, -0.05) is 12.2 Å². The first kappa shape index (κ1) is 7.32. The second kappa shape index (κ2) is 3.40. The average molecular weight is 140 g/mol. The number of allylic oxidation sites excluding steroid dienone is 2. The van der Waals surface area contributed by atoms with E-state index in [0.717, 1.165) is 19.3 Å². The summed E-state index contributed by atoms with van der Waals surface area (Å²) in [5, 5.41) is 0. The molecule has 0 saturated heterocycles. The van der Waals surface area contributed by atoms with Crippen LogP contribution in [0.15, 0.2) is 12.2 Å². The molecule has 1 aliphatic rings. The Morgan fingerprint density at radius 1 is 1.60 bits per heavy atom. The molecule has 0 aromatic rings. The van der Waals surface area contributed by atoms with Gasteiger partial charge in [0.05, 0.1) is 13.0 Å². The second-order valence-electron chi connectivity index (χ2n) is 2.50. The maximum Gasteiger partial charge on any atom is 0.308 e. The van der Waals surface area contributed by atoms with Gasteiger partial charge in [-0.15, -0.1) is 0 Å². The number of hydrogen-bond acceptors (Lipinski definition) is 2. The molecule has 2 heteroatoms. The molecule has 1 rings (SSSR count). The Labute approximate surface area is 60.9 Å². The molecule has 0 bridgehead atoms. The van der Waals surface area contributed by atoms with E-state index in [0.29, 0.717) is 0 Å². The second-order valence-corrected chi connectivity index (χ2v) is 2.50. The van der Waals surface area contributed by atoms with Crippen LogP contribution in [0.25, 0.3) is 0 Å². The zero-order valence-electron chi connectivity index (χ0n) is 6.17. The van der Waals surface area contributed by atoms with Gasteiger partial charge >= 0.3 is 5.97 Å². The molecule has 56 valence electrons. The molecule has 0 aromatic heterocycles. The third-order valence-electron chi connectivity index (χ3n) is 1.80. The molecular formula is C8H12O2. The minimum atomic E-state index is -0.0654. The van der Waals surface area contributed by atoms with Crippen LogP contribution in [-0.2, 0) is 9.53 Å². The van der Waals surface area contributed by atoms with E-state index in [4.69, 9.17) is 0 Å². The maximum absolute atomic E-state index is 10.9. The minimum Gasteiger partial charge on any atom is -0.469 e. The Bertz CT molecular complexity index is 149. The Balaban J connectivity index is 2.41. The van der Waals surface area contributed by atoms with Crippen LogP contribution in [-0.4, -0.2) is 13.1 Å². The molecule has 1 aliphatic carbocycles. The lowest BCUT2D eigenvalue weighted by Crippen LogP contribution is -2.16. The van der Waals surface area contributed by atoms with Crippen molar-refractivity contribution < 1.29 is 9.53 Å². The largest absolute Gasteiger partial charge is 0.469 e. The first-order chi connectivity index (χ1) is 4.84. The predicted molar refractivity (Wildman–Crippen MR) is 38.5 cm³/mol. The number of hydrogen-bond donors (Lipinski definition) is 0. The summed E-state index contributed by atoms with van der Waals surface area (Å²) in [7, 11) is 1.45. The van der Waals surface area contributed by atoms with Crippen molar-refractivity contribution >= 4 is 5.97 Å². The van der Waals surface area contributed by atoms with Crippen LogP contribution in [0.3, 0.4) is 0 Å². The zero-order valence-corrected chi connectivity index (χ0v) is 6.17. The van der Waals surface area contributed by atoms with Crippen LogP contribution in [0, 0.1) is 5.92 Å². The normalized spacial score (nSPS) is 24.3. The van der Waals surface area contributed by atoms with Gasteiger partial charge in [0.15, 0.2) is 0 Å². The lowest BCUT2D eigenvalue weighted by molar-refractivity contribution is -0.145. The summed E-state index contributed by atoms with van der Waals surface area (Å²) < 4.78 is 4.62. The monoisotopic (exact) mass is 140 g/mol. The molecular weight excluding hydrogens is 128 g/mol. The van der Waals surface area contributed by atoms with Crippen molar-refractivity contribution in [2.75, 3.05) is 7.11 Å². The average Bonchev–Trinajstić information content (AvgIpc) is 2.05. The Kier molecular flexibility index (Phi) is 2.49. The lowest BCUT2D eigenvalue weighted by Gasteiger charge is -2.13. The summed E-state index contributed by atoms with van der Waals surface area (Å²) in [6.45, 7) is 0. The lowest BCUT2D eigenvalue weighted by atomic mass is 9.95. The number of carbonyl (C=O) groups is 1. The maximum atomic E-state index is 10.9. The van der Waals surface area contributed by atoms with E-state index in [1.807, 2.05) is 6.08 Å². The van der Waals surface area contributed by atoms with Gasteiger partial charge in [-0.25, -0.2) is 0 Å². The minimum absolute atomic E-state index is 0.0654. The van der Waals surface area contributed by atoms with Gasteiger partial charge in [-0.2, -0.15) is 0 Å². The SMILES string of the molecule is COC(=O)C1CC=CCC1. The Morgan fingerprint density at radius 3 is 2.90 bits per heavy atom. The van der Waals surface area contributed by atoms with Crippen LogP contribution in [0.5, 0.6) is 0 Å². The first-order valence-corrected chi connectivity index (χ1v) is 3.57. The van der Waals surface area contributed by atoms with E-state index < -0.39 is 0 Å². The van der Waals surface area contributed by atoms with Gasteiger partial charge < -0.3 is 4.74 Å². The van der Waals surface area contributed by atoms with Crippen molar-refractivity contribution in [2.24, 2.45) is 5.92 Å². The molecule has 1 atom stereocenters. The topological polar surface area (TPSA) is 26.3 Å². The van der Waals surface area contributed by atoms with Gasteiger partial charge in [0.1, 0.15) is 0 Å². The number of ether oxygens (including phenoxy) is 1. The van der Waals surface area contributed by atoms with Gasteiger partial charge in [0, 0.05) is 0 Å². The van der Waals surface area contributed by atoms with Crippen LogP contribution >= 0.6 is 0 Å². The number of carbonyl (C=O) groups excluding carboxylic acids is 1. The first-order valence-electron chi connectivity index (χ1n) is 3.57. The van der Waals surface area contributed by atoms with E-state index >= 15 is 0 Å². The van der Waals surface area contributed by atoms with Crippen LogP contribution < -0.4 is 0 Å². The van der Waals surface area contributed by atoms with Crippen LogP contribution in [0.4, 0.5) is 0 Å².